The maximum absolute atomic E-state index is 5.85. The van der Waals surface area contributed by atoms with E-state index in [9.17, 15) is 0 Å². The molecular formula is C8H6Br3Cl. The SMILES string of the molecule is Clc1ccc(C(Br)Br)c(CBr)c1. The molecule has 0 saturated carbocycles. The standard InChI is InChI=1S/C8H6Br3Cl/c9-4-5-3-6(12)1-2-7(5)8(10)11/h1-3,8H,4H2. The second-order valence-corrected chi connectivity index (χ2v) is 6.33. The van der Waals surface area contributed by atoms with Gasteiger partial charge in [0.25, 0.3) is 0 Å². The molecule has 1 aromatic rings. The number of hydrogen-bond donors (Lipinski definition) is 0. The molecule has 66 valence electrons. The van der Waals surface area contributed by atoms with Crippen LogP contribution in [-0.2, 0) is 5.33 Å². The van der Waals surface area contributed by atoms with Gasteiger partial charge >= 0.3 is 0 Å². The van der Waals surface area contributed by atoms with E-state index < -0.39 is 0 Å². The normalized spacial score (nSPS) is 10.8. The average Bonchev–Trinajstić information content (AvgIpc) is 2.03. The average molecular weight is 377 g/mol. The topological polar surface area (TPSA) is 0 Å². The zero-order chi connectivity index (χ0) is 9.14. The van der Waals surface area contributed by atoms with Gasteiger partial charge in [-0.3, -0.25) is 0 Å². The molecule has 0 amide bonds. The van der Waals surface area contributed by atoms with Gasteiger partial charge in [-0.2, -0.15) is 0 Å². The molecule has 0 bridgehead atoms. The van der Waals surface area contributed by atoms with Crippen LogP contribution in [0.3, 0.4) is 0 Å². The Kier molecular flexibility index (Phi) is 4.58. The van der Waals surface area contributed by atoms with Crippen LogP contribution in [0.25, 0.3) is 0 Å². The first-order valence-electron chi connectivity index (χ1n) is 3.27. The van der Waals surface area contributed by atoms with Gasteiger partial charge in [-0.05, 0) is 23.3 Å². The van der Waals surface area contributed by atoms with E-state index >= 15 is 0 Å². The quantitative estimate of drug-likeness (QED) is 0.635. The molecule has 0 fully saturated rings. The van der Waals surface area contributed by atoms with E-state index in [-0.39, 0.29) is 3.74 Å². The van der Waals surface area contributed by atoms with Crippen molar-refractivity contribution in [3.63, 3.8) is 0 Å². The van der Waals surface area contributed by atoms with Crippen LogP contribution in [0, 0.1) is 0 Å². The minimum Gasteiger partial charge on any atom is -0.0876 e. The zero-order valence-electron chi connectivity index (χ0n) is 6.03. The third kappa shape index (κ3) is 2.72. The van der Waals surface area contributed by atoms with Gasteiger partial charge in [0.05, 0.1) is 3.74 Å². The number of halogens is 4. The molecule has 0 atom stereocenters. The van der Waals surface area contributed by atoms with Crippen molar-refractivity contribution < 1.29 is 0 Å². The Morgan fingerprint density at radius 1 is 1.33 bits per heavy atom. The van der Waals surface area contributed by atoms with Gasteiger partial charge in [0.15, 0.2) is 0 Å². The molecule has 0 nitrogen and oxygen atoms in total. The summed E-state index contributed by atoms with van der Waals surface area (Å²) < 4.78 is 0.190. The zero-order valence-corrected chi connectivity index (χ0v) is 11.5. The Morgan fingerprint density at radius 3 is 2.50 bits per heavy atom. The van der Waals surface area contributed by atoms with Crippen LogP contribution in [0.2, 0.25) is 5.02 Å². The maximum Gasteiger partial charge on any atom is 0.0949 e. The van der Waals surface area contributed by atoms with Crippen molar-refractivity contribution in [2.45, 2.75) is 9.07 Å². The van der Waals surface area contributed by atoms with Crippen molar-refractivity contribution in [3.8, 4) is 0 Å². The molecule has 0 aliphatic carbocycles. The summed E-state index contributed by atoms with van der Waals surface area (Å²) in [4.78, 5) is 0. The van der Waals surface area contributed by atoms with E-state index in [1.165, 1.54) is 11.1 Å². The fourth-order valence-corrected chi connectivity index (χ4v) is 2.48. The third-order valence-electron chi connectivity index (χ3n) is 1.48. The van der Waals surface area contributed by atoms with Gasteiger partial charge in [-0.25, -0.2) is 0 Å². The molecule has 0 radical (unpaired) electrons. The molecule has 12 heavy (non-hydrogen) atoms. The molecule has 0 aliphatic heterocycles. The van der Waals surface area contributed by atoms with E-state index in [4.69, 9.17) is 11.6 Å². The predicted octanol–water partition coefficient (Wildman–Crippen LogP) is 5.02. The summed E-state index contributed by atoms with van der Waals surface area (Å²) in [5.74, 6) is 0. The molecule has 1 aromatic carbocycles. The summed E-state index contributed by atoms with van der Waals surface area (Å²) >= 11 is 16.2. The van der Waals surface area contributed by atoms with Crippen LogP contribution < -0.4 is 0 Å². The Hall–Kier alpha value is 0.950. The van der Waals surface area contributed by atoms with E-state index in [0.29, 0.717) is 0 Å². The van der Waals surface area contributed by atoms with Gasteiger partial charge < -0.3 is 0 Å². The van der Waals surface area contributed by atoms with Gasteiger partial charge in [0.2, 0.25) is 0 Å². The van der Waals surface area contributed by atoms with E-state index in [1.807, 2.05) is 18.2 Å². The van der Waals surface area contributed by atoms with Crippen molar-refractivity contribution in [1.29, 1.82) is 0 Å². The first-order chi connectivity index (χ1) is 5.65. The molecule has 0 aromatic heterocycles. The highest BCUT2D eigenvalue weighted by atomic mass is 79.9. The fourth-order valence-electron chi connectivity index (χ4n) is 0.903. The summed E-state index contributed by atoms with van der Waals surface area (Å²) in [6.45, 7) is 0. The lowest BCUT2D eigenvalue weighted by atomic mass is 10.1. The molecule has 0 heterocycles. The first kappa shape index (κ1) is 11.0. The molecule has 0 unspecified atom stereocenters. The van der Waals surface area contributed by atoms with Crippen LogP contribution in [-0.4, -0.2) is 0 Å². The molecule has 0 N–H and O–H groups in total. The second-order valence-electron chi connectivity index (χ2n) is 2.28. The third-order valence-corrected chi connectivity index (χ3v) is 3.31. The smallest absolute Gasteiger partial charge is 0.0876 e. The minimum absolute atomic E-state index is 0.190. The predicted molar refractivity (Wildman–Crippen MR) is 64.7 cm³/mol. The first-order valence-corrected chi connectivity index (χ1v) is 6.60. The van der Waals surface area contributed by atoms with E-state index in [1.54, 1.807) is 0 Å². The van der Waals surface area contributed by atoms with Crippen molar-refractivity contribution in [3.05, 3.63) is 34.3 Å². The van der Waals surface area contributed by atoms with Crippen LogP contribution in [0.1, 0.15) is 14.9 Å². The Labute approximate surface area is 102 Å². The summed E-state index contributed by atoms with van der Waals surface area (Å²) in [6.07, 6.45) is 0. The highest BCUT2D eigenvalue weighted by Crippen LogP contribution is 2.33. The van der Waals surface area contributed by atoms with Crippen LogP contribution in [0.4, 0.5) is 0 Å². The number of benzene rings is 1. The lowest BCUT2D eigenvalue weighted by Crippen LogP contribution is -1.88. The lowest BCUT2D eigenvalue weighted by molar-refractivity contribution is 1.30. The minimum atomic E-state index is 0.190. The van der Waals surface area contributed by atoms with Crippen molar-refractivity contribution >= 4 is 59.4 Å². The molecule has 0 spiro atoms. The largest absolute Gasteiger partial charge is 0.0949 e. The summed E-state index contributed by atoms with van der Waals surface area (Å²) in [7, 11) is 0. The summed E-state index contributed by atoms with van der Waals surface area (Å²) in [5.41, 5.74) is 2.40. The highest BCUT2D eigenvalue weighted by molar-refractivity contribution is 9.24. The summed E-state index contributed by atoms with van der Waals surface area (Å²) in [5, 5.41) is 1.59. The number of rotatable bonds is 2. The van der Waals surface area contributed by atoms with Gasteiger partial charge in [-0.15, -0.1) is 0 Å². The van der Waals surface area contributed by atoms with E-state index in [2.05, 4.69) is 47.8 Å². The maximum atomic E-state index is 5.85. The number of alkyl halides is 3. The van der Waals surface area contributed by atoms with Crippen LogP contribution in [0.5, 0.6) is 0 Å². The van der Waals surface area contributed by atoms with Crippen molar-refractivity contribution in [2.24, 2.45) is 0 Å². The molecular weight excluding hydrogens is 371 g/mol. The lowest BCUT2D eigenvalue weighted by Gasteiger charge is -2.08. The van der Waals surface area contributed by atoms with E-state index in [0.717, 1.165) is 10.4 Å². The second kappa shape index (κ2) is 4.99. The Bertz CT molecular complexity index is 273. The Morgan fingerprint density at radius 2 is 2.00 bits per heavy atom. The summed E-state index contributed by atoms with van der Waals surface area (Å²) in [6, 6.07) is 5.85. The number of hydrogen-bond acceptors (Lipinski definition) is 0. The van der Waals surface area contributed by atoms with Crippen molar-refractivity contribution in [1.82, 2.24) is 0 Å². The molecule has 0 saturated heterocycles. The van der Waals surface area contributed by atoms with Crippen molar-refractivity contribution in [2.75, 3.05) is 0 Å². The highest BCUT2D eigenvalue weighted by Gasteiger charge is 2.07. The monoisotopic (exact) mass is 374 g/mol. The molecule has 4 heteroatoms. The van der Waals surface area contributed by atoms with Gasteiger partial charge in [0.1, 0.15) is 0 Å². The molecule has 0 aliphatic rings. The van der Waals surface area contributed by atoms with Crippen LogP contribution >= 0.6 is 59.4 Å². The Balaban J connectivity index is 3.11. The fraction of sp³-hybridized carbons (Fsp3) is 0.250. The van der Waals surface area contributed by atoms with Gasteiger partial charge in [-0.1, -0.05) is 65.5 Å². The van der Waals surface area contributed by atoms with Gasteiger partial charge in [0, 0.05) is 10.4 Å². The van der Waals surface area contributed by atoms with Crippen LogP contribution in [0.15, 0.2) is 18.2 Å². The molecule has 1 rings (SSSR count).